The maximum absolute atomic E-state index is 10.5. The number of β-amino-alcohol motifs (C(OH)–C–C–N with tert-alkyl or cyclic N) is 1. The molecule has 2 aliphatic rings. The van der Waals surface area contributed by atoms with Crippen molar-refractivity contribution in [3.63, 3.8) is 0 Å². The largest absolute Gasteiger partial charge is 0.390 e. The van der Waals surface area contributed by atoms with Gasteiger partial charge in [-0.05, 0) is 24.9 Å². The highest BCUT2D eigenvalue weighted by molar-refractivity contribution is 5.25. The van der Waals surface area contributed by atoms with Crippen LogP contribution < -0.4 is 0 Å². The first-order valence-electron chi connectivity index (χ1n) is 8.92. The molecule has 0 aliphatic carbocycles. The number of morpholine rings is 1. The molecule has 0 amide bonds. The van der Waals surface area contributed by atoms with Gasteiger partial charge in [-0.15, -0.1) is 0 Å². The summed E-state index contributed by atoms with van der Waals surface area (Å²) >= 11 is 0. The third kappa shape index (κ3) is 4.54. The molecule has 23 heavy (non-hydrogen) atoms. The molecule has 0 radical (unpaired) electrons. The van der Waals surface area contributed by atoms with E-state index in [0.29, 0.717) is 0 Å². The molecule has 0 saturated carbocycles. The molecule has 128 valence electrons. The minimum atomic E-state index is -0.272. The zero-order valence-corrected chi connectivity index (χ0v) is 14.3. The van der Waals surface area contributed by atoms with Gasteiger partial charge in [-0.2, -0.15) is 0 Å². The van der Waals surface area contributed by atoms with Crippen LogP contribution in [0.15, 0.2) is 30.3 Å². The number of ether oxygens (including phenoxy) is 1. The molecular weight excluding hydrogens is 288 g/mol. The van der Waals surface area contributed by atoms with E-state index in [-0.39, 0.29) is 11.5 Å². The monoisotopic (exact) mass is 318 g/mol. The number of hydrogen-bond acceptors (Lipinski definition) is 4. The third-order valence-electron chi connectivity index (χ3n) is 5.29. The minimum absolute atomic E-state index is 0.207. The summed E-state index contributed by atoms with van der Waals surface area (Å²) in [6, 6.07) is 10.8. The van der Waals surface area contributed by atoms with Gasteiger partial charge in [0.05, 0.1) is 19.3 Å². The standard InChI is InChI=1S/C19H30N2O2/c1-19(17-6-3-2-4-7-17)8-5-9-21(16-19)15-18(22)14-20-10-12-23-13-11-20/h2-4,6-7,18,22H,5,8-16H2,1H3/t18-,19+/m1/s1. The first-order valence-corrected chi connectivity index (χ1v) is 8.92. The summed E-state index contributed by atoms with van der Waals surface area (Å²) in [4.78, 5) is 4.76. The highest BCUT2D eigenvalue weighted by atomic mass is 16.5. The molecule has 0 unspecified atom stereocenters. The second kappa shape index (κ2) is 7.75. The van der Waals surface area contributed by atoms with E-state index in [2.05, 4.69) is 47.1 Å². The topological polar surface area (TPSA) is 35.9 Å². The normalized spacial score (nSPS) is 28.6. The molecule has 2 fully saturated rings. The molecule has 2 saturated heterocycles. The lowest BCUT2D eigenvalue weighted by Crippen LogP contribution is -2.49. The summed E-state index contributed by atoms with van der Waals surface area (Å²) in [5.41, 5.74) is 1.63. The van der Waals surface area contributed by atoms with Crippen LogP contribution in [0.25, 0.3) is 0 Å². The third-order valence-corrected chi connectivity index (χ3v) is 5.29. The van der Waals surface area contributed by atoms with Crippen molar-refractivity contribution < 1.29 is 9.84 Å². The Morgan fingerprint density at radius 3 is 2.52 bits per heavy atom. The molecule has 0 bridgehead atoms. The Morgan fingerprint density at radius 2 is 1.78 bits per heavy atom. The Labute approximate surface area is 140 Å². The number of nitrogens with zero attached hydrogens (tertiary/aromatic N) is 2. The van der Waals surface area contributed by atoms with E-state index < -0.39 is 0 Å². The molecule has 2 aliphatic heterocycles. The van der Waals surface area contributed by atoms with Crippen LogP contribution in [-0.4, -0.2) is 73.5 Å². The number of piperidine rings is 1. The SMILES string of the molecule is C[C@]1(c2ccccc2)CCCN(C[C@H](O)CN2CCOCC2)C1. The molecule has 3 rings (SSSR count). The molecule has 1 aromatic rings. The van der Waals surface area contributed by atoms with Crippen molar-refractivity contribution in [1.82, 2.24) is 9.80 Å². The summed E-state index contributed by atoms with van der Waals surface area (Å²) in [6.07, 6.45) is 2.16. The van der Waals surface area contributed by atoms with Crippen LogP contribution in [0.1, 0.15) is 25.3 Å². The van der Waals surface area contributed by atoms with Crippen LogP contribution in [0, 0.1) is 0 Å². The van der Waals surface area contributed by atoms with Crippen molar-refractivity contribution in [3.05, 3.63) is 35.9 Å². The van der Waals surface area contributed by atoms with E-state index >= 15 is 0 Å². The van der Waals surface area contributed by atoms with Crippen LogP contribution in [0.2, 0.25) is 0 Å². The summed E-state index contributed by atoms with van der Waals surface area (Å²) in [7, 11) is 0. The molecule has 0 aromatic heterocycles. The van der Waals surface area contributed by atoms with Crippen LogP contribution in [0.5, 0.6) is 0 Å². The van der Waals surface area contributed by atoms with Gasteiger partial charge in [0, 0.05) is 38.1 Å². The Kier molecular flexibility index (Phi) is 5.70. The van der Waals surface area contributed by atoms with Crippen LogP contribution in [-0.2, 0) is 10.2 Å². The summed E-state index contributed by atoms with van der Waals surface area (Å²) in [6.45, 7) is 9.52. The van der Waals surface area contributed by atoms with Crippen molar-refractivity contribution >= 4 is 0 Å². The number of benzene rings is 1. The van der Waals surface area contributed by atoms with E-state index in [1.54, 1.807) is 0 Å². The summed E-state index contributed by atoms with van der Waals surface area (Å²) in [5.74, 6) is 0. The fraction of sp³-hybridized carbons (Fsp3) is 0.684. The van der Waals surface area contributed by atoms with Gasteiger partial charge in [0.15, 0.2) is 0 Å². The number of aliphatic hydroxyl groups is 1. The molecular formula is C19H30N2O2. The molecule has 1 aromatic carbocycles. The van der Waals surface area contributed by atoms with E-state index in [9.17, 15) is 5.11 Å². The van der Waals surface area contributed by atoms with Crippen molar-refractivity contribution in [2.45, 2.75) is 31.3 Å². The Morgan fingerprint density at radius 1 is 1.09 bits per heavy atom. The van der Waals surface area contributed by atoms with Crippen molar-refractivity contribution in [2.75, 3.05) is 52.5 Å². The lowest BCUT2D eigenvalue weighted by molar-refractivity contribution is 0.00251. The zero-order valence-electron chi connectivity index (χ0n) is 14.3. The van der Waals surface area contributed by atoms with Crippen molar-refractivity contribution in [3.8, 4) is 0 Å². The maximum atomic E-state index is 10.5. The number of aliphatic hydroxyl groups excluding tert-OH is 1. The maximum Gasteiger partial charge on any atom is 0.0793 e. The molecule has 1 N–H and O–H groups in total. The van der Waals surface area contributed by atoms with E-state index in [0.717, 1.165) is 52.5 Å². The van der Waals surface area contributed by atoms with Gasteiger partial charge in [-0.3, -0.25) is 9.80 Å². The van der Waals surface area contributed by atoms with Gasteiger partial charge in [0.25, 0.3) is 0 Å². The van der Waals surface area contributed by atoms with Crippen molar-refractivity contribution in [2.24, 2.45) is 0 Å². The number of hydrogen-bond donors (Lipinski definition) is 1. The van der Waals surface area contributed by atoms with Crippen LogP contribution in [0.4, 0.5) is 0 Å². The first-order chi connectivity index (χ1) is 11.2. The molecule has 2 atom stereocenters. The first kappa shape index (κ1) is 16.9. The number of likely N-dealkylation sites (tertiary alicyclic amines) is 1. The summed E-state index contributed by atoms with van der Waals surface area (Å²) < 4.78 is 5.37. The predicted molar refractivity (Wildman–Crippen MR) is 92.7 cm³/mol. The van der Waals surface area contributed by atoms with Gasteiger partial charge in [-0.1, -0.05) is 37.3 Å². The van der Waals surface area contributed by atoms with Crippen LogP contribution >= 0.6 is 0 Å². The fourth-order valence-corrected chi connectivity index (χ4v) is 4.01. The van der Waals surface area contributed by atoms with Gasteiger partial charge < -0.3 is 9.84 Å². The second-order valence-corrected chi connectivity index (χ2v) is 7.33. The van der Waals surface area contributed by atoms with E-state index in [1.165, 1.54) is 18.4 Å². The second-order valence-electron chi connectivity index (χ2n) is 7.33. The smallest absolute Gasteiger partial charge is 0.0793 e. The average molecular weight is 318 g/mol. The fourth-order valence-electron chi connectivity index (χ4n) is 4.01. The Bertz CT molecular complexity index is 476. The van der Waals surface area contributed by atoms with Gasteiger partial charge in [0.1, 0.15) is 0 Å². The quantitative estimate of drug-likeness (QED) is 0.897. The molecule has 4 nitrogen and oxygen atoms in total. The Hall–Kier alpha value is -0.940. The summed E-state index contributed by atoms with van der Waals surface area (Å²) in [5, 5.41) is 10.5. The van der Waals surface area contributed by atoms with E-state index in [1.807, 2.05) is 0 Å². The lowest BCUT2D eigenvalue weighted by atomic mass is 9.76. The molecule has 4 heteroatoms. The minimum Gasteiger partial charge on any atom is -0.390 e. The average Bonchev–Trinajstić information content (AvgIpc) is 2.56. The number of rotatable bonds is 5. The molecule has 0 spiro atoms. The highest BCUT2D eigenvalue weighted by Gasteiger charge is 2.33. The highest BCUT2D eigenvalue weighted by Crippen LogP contribution is 2.33. The van der Waals surface area contributed by atoms with Gasteiger partial charge in [-0.25, -0.2) is 0 Å². The Balaban J connectivity index is 1.54. The van der Waals surface area contributed by atoms with Crippen LogP contribution in [0.3, 0.4) is 0 Å². The van der Waals surface area contributed by atoms with Crippen molar-refractivity contribution in [1.29, 1.82) is 0 Å². The predicted octanol–water partition coefficient (Wildman–Crippen LogP) is 1.73. The van der Waals surface area contributed by atoms with Gasteiger partial charge >= 0.3 is 0 Å². The van der Waals surface area contributed by atoms with E-state index in [4.69, 9.17) is 4.74 Å². The molecule has 2 heterocycles. The van der Waals surface area contributed by atoms with Gasteiger partial charge in [0.2, 0.25) is 0 Å². The zero-order chi connectivity index (χ0) is 16.1. The lowest BCUT2D eigenvalue weighted by Gasteiger charge is -2.42.